The van der Waals surface area contributed by atoms with E-state index in [9.17, 15) is 9.59 Å². The molecule has 4 rings (SSSR count). The number of fused-ring (bicyclic) bond motifs is 1. The minimum Gasteiger partial charge on any atom is -0.494 e. The van der Waals surface area contributed by atoms with Gasteiger partial charge in [-0.2, -0.15) is 0 Å². The summed E-state index contributed by atoms with van der Waals surface area (Å²) < 4.78 is 17.7. The third-order valence-corrected chi connectivity index (χ3v) is 7.20. The van der Waals surface area contributed by atoms with Crippen LogP contribution in [0, 0.1) is 6.92 Å². The molecule has 0 saturated heterocycles. The molecule has 1 amide bonds. The first-order valence-corrected chi connectivity index (χ1v) is 12.5. The molecular formula is C27H25ClN2O6S. The van der Waals surface area contributed by atoms with Crippen LogP contribution in [0.25, 0.3) is 21.3 Å². The second-order valence-electron chi connectivity index (χ2n) is 7.99. The van der Waals surface area contributed by atoms with Gasteiger partial charge in [-0.3, -0.25) is 9.59 Å². The summed E-state index contributed by atoms with van der Waals surface area (Å²) in [5.41, 5.74) is 2.72. The Morgan fingerprint density at radius 3 is 2.54 bits per heavy atom. The first-order valence-electron chi connectivity index (χ1n) is 11.3. The van der Waals surface area contributed by atoms with Gasteiger partial charge in [-0.1, -0.05) is 29.8 Å². The number of benzene rings is 2. The van der Waals surface area contributed by atoms with E-state index in [4.69, 9.17) is 30.9 Å². The van der Waals surface area contributed by atoms with Gasteiger partial charge in [0.2, 0.25) is 0 Å². The van der Waals surface area contributed by atoms with Crippen molar-refractivity contribution in [3.63, 3.8) is 0 Å². The fourth-order valence-corrected chi connectivity index (χ4v) is 5.25. The molecule has 2 aromatic carbocycles. The van der Waals surface area contributed by atoms with Crippen molar-refractivity contribution in [3.05, 3.63) is 69.7 Å². The Morgan fingerprint density at radius 1 is 1.05 bits per heavy atom. The molecule has 0 unspecified atom stereocenters. The number of hydrogen-bond acceptors (Lipinski definition) is 8. The molecule has 0 aliphatic heterocycles. The lowest BCUT2D eigenvalue weighted by Crippen LogP contribution is -2.30. The average Bonchev–Trinajstić information content (AvgIpc) is 3.26. The molecular weight excluding hydrogens is 516 g/mol. The van der Waals surface area contributed by atoms with Crippen LogP contribution in [0.15, 0.2) is 48.5 Å². The number of ether oxygens (including phenoxy) is 3. The van der Waals surface area contributed by atoms with Gasteiger partial charge in [0.15, 0.2) is 17.3 Å². The van der Waals surface area contributed by atoms with E-state index in [0.717, 1.165) is 15.6 Å². The number of aliphatic hydroxyl groups is 1. The number of aryl methyl sites for hydroxylation is 1. The molecule has 2 N–H and O–H groups in total. The highest BCUT2D eigenvalue weighted by molar-refractivity contribution is 7.23. The number of aliphatic hydroxyl groups excluding tert-OH is 1. The Kier molecular flexibility index (Phi) is 8.27. The topological polar surface area (TPSA) is 107 Å². The number of nitrogens with zero attached hydrogens (tertiary/aromatic N) is 1. The second-order valence-corrected chi connectivity index (χ2v) is 9.62. The first kappa shape index (κ1) is 26.4. The van der Waals surface area contributed by atoms with Crippen LogP contribution in [0.3, 0.4) is 0 Å². The Balaban J connectivity index is 1.55. The molecule has 0 fully saturated rings. The van der Waals surface area contributed by atoms with Crippen LogP contribution in [-0.4, -0.2) is 55.8 Å². The third kappa shape index (κ3) is 5.53. The molecule has 0 aliphatic rings. The van der Waals surface area contributed by atoms with Gasteiger partial charge in [-0.25, -0.2) is 4.98 Å². The highest BCUT2D eigenvalue weighted by Crippen LogP contribution is 2.45. The summed E-state index contributed by atoms with van der Waals surface area (Å²) >= 11 is 8.07. The maximum Gasteiger partial charge on any atom is 0.251 e. The molecule has 10 heteroatoms. The summed E-state index contributed by atoms with van der Waals surface area (Å²) in [6, 6.07) is 13.8. The normalized spacial score (nSPS) is 10.8. The van der Waals surface area contributed by atoms with Crippen LogP contribution in [0.4, 0.5) is 0 Å². The van der Waals surface area contributed by atoms with Gasteiger partial charge in [0.05, 0.1) is 27.4 Å². The first-order chi connectivity index (χ1) is 17.9. The number of thiophene rings is 1. The van der Waals surface area contributed by atoms with E-state index in [-0.39, 0.29) is 36.8 Å². The van der Waals surface area contributed by atoms with Crippen molar-refractivity contribution < 1.29 is 28.9 Å². The number of hydrogen-bond donors (Lipinski definition) is 2. The smallest absolute Gasteiger partial charge is 0.251 e. The summed E-state index contributed by atoms with van der Waals surface area (Å²) in [5.74, 6) is 0.382. The fraction of sp³-hybridized carbons (Fsp3) is 0.222. The minimum absolute atomic E-state index is 0.0965. The molecule has 0 saturated carbocycles. The summed E-state index contributed by atoms with van der Waals surface area (Å²) in [6.07, 6.45) is 0. The number of ketones is 1. The number of methoxy groups -OCH3 is 2. The molecule has 0 spiro atoms. The number of carbonyl (C=O) groups is 2. The molecule has 0 atom stereocenters. The van der Waals surface area contributed by atoms with Crippen LogP contribution < -0.4 is 19.5 Å². The fourth-order valence-electron chi connectivity index (χ4n) is 3.83. The van der Waals surface area contributed by atoms with Gasteiger partial charge in [-0.15, -0.1) is 11.3 Å². The summed E-state index contributed by atoms with van der Waals surface area (Å²) in [7, 11) is 2.98. The number of carbonyl (C=O) groups excluding carboxylic acids is 2. The van der Waals surface area contributed by atoms with Gasteiger partial charge < -0.3 is 24.6 Å². The molecule has 8 nitrogen and oxygen atoms in total. The van der Waals surface area contributed by atoms with Gasteiger partial charge >= 0.3 is 0 Å². The van der Waals surface area contributed by atoms with E-state index in [1.807, 2.05) is 25.1 Å². The molecule has 0 radical (unpaired) electrons. The van der Waals surface area contributed by atoms with Crippen LogP contribution in [0.2, 0.25) is 4.34 Å². The number of amides is 1. The van der Waals surface area contributed by atoms with E-state index in [2.05, 4.69) is 10.3 Å². The largest absolute Gasteiger partial charge is 0.494 e. The van der Waals surface area contributed by atoms with E-state index < -0.39 is 5.91 Å². The minimum atomic E-state index is -0.462. The molecule has 0 aliphatic carbocycles. The number of aromatic nitrogens is 1. The van der Waals surface area contributed by atoms with Crippen LogP contribution >= 0.6 is 22.9 Å². The number of halogens is 1. The predicted octanol–water partition coefficient (Wildman–Crippen LogP) is 4.93. The van der Waals surface area contributed by atoms with Crippen molar-refractivity contribution in [2.75, 3.05) is 34.0 Å². The maximum atomic E-state index is 13.0. The molecule has 37 heavy (non-hydrogen) atoms. The average molecular weight is 541 g/mol. The predicted molar refractivity (Wildman–Crippen MR) is 144 cm³/mol. The maximum absolute atomic E-state index is 13.0. The van der Waals surface area contributed by atoms with Crippen molar-refractivity contribution in [1.29, 1.82) is 0 Å². The van der Waals surface area contributed by atoms with Crippen molar-refractivity contribution in [2.45, 2.75) is 6.92 Å². The van der Waals surface area contributed by atoms with E-state index in [1.54, 1.807) is 24.3 Å². The lowest BCUT2D eigenvalue weighted by Gasteiger charge is -2.12. The van der Waals surface area contributed by atoms with Gasteiger partial charge in [0.1, 0.15) is 28.1 Å². The Bertz CT molecular complexity index is 1470. The number of pyridine rings is 1. The van der Waals surface area contributed by atoms with Crippen molar-refractivity contribution in [1.82, 2.24) is 10.3 Å². The van der Waals surface area contributed by atoms with E-state index >= 15 is 0 Å². The number of Topliss-reactive ketones (excluding diaryl/α,β-unsaturated/α-hetero) is 1. The lowest BCUT2D eigenvalue weighted by molar-refractivity contribution is 0.0902. The zero-order chi connectivity index (χ0) is 26.5. The highest BCUT2D eigenvalue weighted by Gasteiger charge is 2.21. The van der Waals surface area contributed by atoms with E-state index in [0.29, 0.717) is 32.8 Å². The monoisotopic (exact) mass is 540 g/mol. The van der Waals surface area contributed by atoms with Crippen molar-refractivity contribution in [3.8, 4) is 28.5 Å². The van der Waals surface area contributed by atoms with Crippen LogP contribution in [-0.2, 0) is 0 Å². The summed E-state index contributed by atoms with van der Waals surface area (Å²) in [5, 5.41) is 12.5. The van der Waals surface area contributed by atoms with Gasteiger partial charge in [0.25, 0.3) is 5.91 Å². The zero-order valence-electron chi connectivity index (χ0n) is 20.5. The summed E-state index contributed by atoms with van der Waals surface area (Å²) in [4.78, 5) is 30.3. The molecule has 2 aromatic heterocycles. The Morgan fingerprint density at radius 2 is 1.81 bits per heavy atom. The lowest BCUT2D eigenvalue weighted by atomic mass is 10.1. The molecule has 2 heterocycles. The van der Waals surface area contributed by atoms with E-state index in [1.165, 1.54) is 31.6 Å². The van der Waals surface area contributed by atoms with Gasteiger partial charge in [0, 0.05) is 21.2 Å². The standard InChI is InChI=1S/C27H25ClN2O6S/c1-15-5-4-6-17-23(26(28)37-25(15)17)24-21(34-2)10-8-18(30-24)19(32)14-29-27(33)16-7-9-20(36-12-11-31)22(13-16)35-3/h4-10,13,31H,11-12,14H2,1-3H3,(H,29,33). The van der Waals surface area contributed by atoms with Crippen molar-refractivity contribution >= 4 is 44.7 Å². The quantitative estimate of drug-likeness (QED) is 0.275. The zero-order valence-corrected chi connectivity index (χ0v) is 22.0. The highest BCUT2D eigenvalue weighted by atomic mass is 35.5. The molecule has 4 aromatic rings. The molecule has 192 valence electrons. The molecule has 0 bridgehead atoms. The van der Waals surface area contributed by atoms with Crippen LogP contribution in [0.1, 0.15) is 26.4 Å². The van der Waals surface area contributed by atoms with Crippen LogP contribution in [0.5, 0.6) is 17.2 Å². The SMILES string of the molecule is COc1cc(C(=O)NCC(=O)c2ccc(OC)c(-c3c(Cl)sc4c(C)cccc34)n2)ccc1OCCO. The Labute approximate surface area is 222 Å². The number of nitrogens with one attached hydrogen (secondary N) is 1. The number of rotatable bonds is 10. The van der Waals surface area contributed by atoms with Gasteiger partial charge in [-0.05, 0) is 42.8 Å². The third-order valence-electron chi connectivity index (χ3n) is 5.65. The van der Waals surface area contributed by atoms with Crippen molar-refractivity contribution in [2.24, 2.45) is 0 Å². The second kappa shape index (κ2) is 11.6. The Hall–Kier alpha value is -3.66. The summed E-state index contributed by atoms with van der Waals surface area (Å²) in [6.45, 7) is 1.69.